The summed E-state index contributed by atoms with van der Waals surface area (Å²) in [5.74, 6) is 0.537. The first-order valence-corrected chi connectivity index (χ1v) is 10.5. The van der Waals surface area contributed by atoms with Crippen molar-refractivity contribution < 1.29 is 9.53 Å². The van der Waals surface area contributed by atoms with Gasteiger partial charge in [0.15, 0.2) is 5.13 Å². The molecule has 150 valence electrons. The number of amides is 2. The van der Waals surface area contributed by atoms with Gasteiger partial charge in [-0.1, -0.05) is 35.9 Å². The lowest BCUT2D eigenvalue weighted by atomic mass is 10.00. The molecule has 2 amide bonds. The Bertz CT molecular complexity index is 1020. The highest BCUT2D eigenvalue weighted by molar-refractivity contribution is 7.13. The number of carbonyl (C=O) groups is 1. The number of urea groups is 1. The summed E-state index contributed by atoms with van der Waals surface area (Å²) < 4.78 is 5.25. The van der Waals surface area contributed by atoms with Crippen molar-refractivity contribution in [1.29, 1.82) is 0 Å². The van der Waals surface area contributed by atoms with E-state index in [-0.39, 0.29) is 0 Å². The zero-order valence-corrected chi connectivity index (χ0v) is 17.5. The molecule has 0 bridgehead atoms. The Balaban J connectivity index is 1.35. The number of carbonyl (C=O) groups excluding carboxylic acids is 1. The Labute approximate surface area is 178 Å². The molecule has 8 heteroatoms. The third-order valence-electron chi connectivity index (χ3n) is 4.78. The van der Waals surface area contributed by atoms with E-state index >= 15 is 0 Å². The summed E-state index contributed by atoms with van der Waals surface area (Å²) in [6, 6.07) is 13.2. The molecule has 1 aromatic heterocycles. The van der Waals surface area contributed by atoms with Crippen molar-refractivity contribution >= 4 is 39.8 Å². The molecule has 1 aliphatic rings. The van der Waals surface area contributed by atoms with E-state index in [4.69, 9.17) is 16.3 Å². The molecule has 1 aliphatic heterocycles. The largest absolute Gasteiger partial charge is 0.495 e. The SMILES string of the molecule is COc1ccc(Cl)cc1NC(=O)Nc1nc(CN2CCc3ccccc3C2)cs1. The Morgan fingerprint density at radius 2 is 2.07 bits per heavy atom. The van der Waals surface area contributed by atoms with Gasteiger partial charge in [-0.25, -0.2) is 9.78 Å². The van der Waals surface area contributed by atoms with E-state index < -0.39 is 6.03 Å². The van der Waals surface area contributed by atoms with Crippen LogP contribution in [0.15, 0.2) is 47.8 Å². The molecule has 4 rings (SSSR count). The molecule has 0 atom stereocenters. The number of ether oxygens (including phenoxy) is 1. The summed E-state index contributed by atoms with van der Waals surface area (Å²) in [6.07, 6.45) is 1.05. The fourth-order valence-electron chi connectivity index (χ4n) is 3.38. The maximum absolute atomic E-state index is 12.3. The molecular weight excluding hydrogens is 408 g/mol. The summed E-state index contributed by atoms with van der Waals surface area (Å²) in [5, 5.41) is 8.57. The highest BCUT2D eigenvalue weighted by Crippen LogP contribution is 2.28. The first-order chi connectivity index (χ1) is 14.1. The molecular formula is C21H21ClN4O2S. The molecule has 0 fully saturated rings. The summed E-state index contributed by atoms with van der Waals surface area (Å²) in [4.78, 5) is 19.3. The van der Waals surface area contributed by atoms with Crippen molar-refractivity contribution in [3.05, 3.63) is 69.7 Å². The normalized spacial score (nSPS) is 13.6. The van der Waals surface area contributed by atoms with Gasteiger partial charge in [-0.05, 0) is 35.7 Å². The number of rotatable bonds is 5. The maximum Gasteiger partial charge on any atom is 0.325 e. The third kappa shape index (κ3) is 4.87. The van der Waals surface area contributed by atoms with Crippen LogP contribution in [0.3, 0.4) is 0 Å². The molecule has 2 heterocycles. The molecule has 2 aromatic carbocycles. The van der Waals surface area contributed by atoms with Crippen molar-refractivity contribution in [1.82, 2.24) is 9.88 Å². The van der Waals surface area contributed by atoms with Gasteiger partial charge in [0.05, 0.1) is 18.5 Å². The number of fused-ring (bicyclic) bond motifs is 1. The van der Waals surface area contributed by atoms with Gasteiger partial charge in [-0.15, -0.1) is 11.3 Å². The number of nitrogens with one attached hydrogen (secondary N) is 2. The number of methoxy groups -OCH3 is 1. The van der Waals surface area contributed by atoms with Gasteiger partial charge < -0.3 is 10.1 Å². The van der Waals surface area contributed by atoms with E-state index in [0.717, 1.165) is 31.7 Å². The molecule has 0 spiro atoms. The number of anilines is 2. The Hall–Kier alpha value is -2.61. The Morgan fingerprint density at radius 3 is 2.90 bits per heavy atom. The zero-order chi connectivity index (χ0) is 20.2. The fourth-order valence-corrected chi connectivity index (χ4v) is 4.25. The van der Waals surface area contributed by atoms with Crippen molar-refractivity contribution in [3.63, 3.8) is 0 Å². The molecule has 29 heavy (non-hydrogen) atoms. The number of halogens is 1. The smallest absolute Gasteiger partial charge is 0.325 e. The second kappa shape index (κ2) is 8.82. The summed E-state index contributed by atoms with van der Waals surface area (Å²) in [5.41, 5.74) is 4.26. The van der Waals surface area contributed by atoms with Crippen molar-refractivity contribution in [2.24, 2.45) is 0 Å². The van der Waals surface area contributed by atoms with Gasteiger partial charge in [-0.3, -0.25) is 10.2 Å². The molecule has 0 radical (unpaired) electrons. The van der Waals surface area contributed by atoms with Crippen LogP contribution in [0.1, 0.15) is 16.8 Å². The molecule has 2 N–H and O–H groups in total. The summed E-state index contributed by atoms with van der Waals surface area (Å²) in [6.45, 7) is 2.69. The quantitative estimate of drug-likeness (QED) is 0.599. The van der Waals surface area contributed by atoms with Crippen LogP contribution in [-0.2, 0) is 19.5 Å². The van der Waals surface area contributed by atoms with Crippen molar-refractivity contribution in [3.8, 4) is 5.75 Å². The van der Waals surface area contributed by atoms with E-state index in [2.05, 4.69) is 44.8 Å². The highest BCUT2D eigenvalue weighted by atomic mass is 35.5. The number of hydrogen-bond donors (Lipinski definition) is 2. The molecule has 0 aliphatic carbocycles. The average molecular weight is 429 g/mol. The standard InChI is InChI=1S/C21H21ClN4O2S/c1-28-19-7-6-16(22)10-18(19)24-20(27)25-21-23-17(13-29-21)12-26-9-8-14-4-2-3-5-15(14)11-26/h2-7,10,13H,8-9,11-12H2,1H3,(H2,23,24,25,27). The van der Waals surface area contributed by atoms with E-state index in [0.29, 0.717) is 21.6 Å². The van der Waals surface area contributed by atoms with Gasteiger partial charge in [-0.2, -0.15) is 0 Å². The van der Waals surface area contributed by atoms with Crippen LogP contribution in [0.5, 0.6) is 5.75 Å². The maximum atomic E-state index is 12.3. The highest BCUT2D eigenvalue weighted by Gasteiger charge is 2.17. The van der Waals surface area contributed by atoms with Crippen LogP contribution in [0.4, 0.5) is 15.6 Å². The lowest BCUT2D eigenvalue weighted by Crippen LogP contribution is -2.30. The molecule has 3 aromatic rings. The number of aromatic nitrogens is 1. The molecule has 6 nitrogen and oxygen atoms in total. The molecule has 0 saturated carbocycles. The predicted octanol–water partition coefficient (Wildman–Crippen LogP) is 5.01. The summed E-state index contributed by atoms with van der Waals surface area (Å²) in [7, 11) is 1.54. The van der Waals surface area contributed by atoms with Crippen LogP contribution in [0, 0.1) is 0 Å². The predicted molar refractivity (Wildman–Crippen MR) is 117 cm³/mol. The minimum absolute atomic E-state index is 0.390. The minimum Gasteiger partial charge on any atom is -0.495 e. The number of thiazole rings is 1. The van der Waals surface area contributed by atoms with Crippen molar-refractivity contribution in [2.75, 3.05) is 24.3 Å². The monoisotopic (exact) mass is 428 g/mol. The Morgan fingerprint density at radius 1 is 1.24 bits per heavy atom. The van der Waals surface area contributed by atoms with Gasteiger partial charge in [0, 0.05) is 30.0 Å². The summed E-state index contributed by atoms with van der Waals surface area (Å²) >= 11 is 7.41. The van der Waals surface area contributed by atoms with E-state index in [9.17, 15) is 4.79 Å². The van der Waals surface area contributed by atoms with Crippen LogP contribution in [0.2, 0.25) is 5.02 Å². The Kier molecular flexibility index (Phi) is 5.99. The molecule has 0 saturated heterocycles. The number of benzene rings is 2. The van der Waals surface area contributed by atoms with Gasteiger partial charge in [0.2, 0.25) is 0 Å². The zero-order valence-electron chi connectivity index (χ0n) is 15.9. The van der Waals surface area contributed by atoms with E-state index in [1.807, 2.05) is 5.38 Å². The van der Waals surface area contributed by atoms with E-state index in [1.165, 1.54) is 22.5 Å². The van der Waals surface area contributed by atoms with Gasteiger partial charge in [0.25, 0.3) is 0 Å². The second-order valence-corrected chi connectivity index (χ2v) is 8.09. The van der Waals surface area contributed by atoms with E-state index in [1.54, 1.807) is 25.3 Å². The second-order valence-electron chi connectivity index (χ2n) is 6.80. The molecule has 0 unspecified atom stereocenters. The number of nitrogens with zero attached hydrogens (tertiary/aromatic N) is 2. The van der Waals surface area contributed by atoms with Crippen LogP contribution >= 0.6 is 22.9 Å². The van der Waals surface area contributed by atoms with Crippen molar-refractivity contribution in [2.45, 2.75) is 19.5 Å². The van der Waals surface area contributed by atoms with Gasteiger partial charge in [0.1, 0.15) is 5.75 Å². The minimum atomic E-state index is -0.390. The first kappa shape index (κ1) is 19.7. The van der Waals surface area contributed by atoms with Crippen LogP contribution in [0.25, 0.3) is 0 Å². The fraction of sp³-hybridized carbons (Fsp3) is 0.238. The van der Waals surface area contributed by atoms with Crippen LogP contribution in [-0.4, -0.2) is 29.6 Å². The topological polar surface area (TPSA) is 66.5 Å². The lowest BCUT2D eigenvalue weighted by molar-refractivity contribution is 0.243. The van der Waals surface area contributed by atoms with Crippen LogP contribution < -0.4 is 15.4 Å². The third-order valence-corrected chi connectivity index (χ3v) is 5.82. The first-order valence-electron chi connectivity index (χ1n) is 9.26. The number of hydrogen-bond acceptors (Lipinski definition) is 5. The lowest BCUT2D eigenvalue weighted by Gasteiger charge is -2.27. The van der Waals surface area contributed by atoms with Gasteiger partial charge >= 0.3 is 6.03 Å². The average Bonchev–Trinajstić information content (AvgIpc) is 3.14.